The molecule has 0 aromatic heterocycles. The molecule has 0 aromatic rings. The van der Waals surface area contributed by atoms with Crippen LogP contribution in [-0.2, 0) is 4.74 Å². The largest absolute Gasteiger partial charge is 0.377 e. The molecule has 3 nitrogen and oxygen atoms in total. The van der Waals surface area contributed by atoms with Crippen molar-refractivity contribution in [1.29, 1.82) is 0 Å². The summed E-state index contributed by atoms with van der Waals surface area (Å²) in [5.41, 5.74) is 0. The average Bonchev–Trinajstić information content (AvgIpc) is 2.66. The van der Waals surface area contributed by atoms with E-state index in [0.29, 0.717) is 18.2 Å². The van der Waals surface area contributed by atoms with Gasteiger partial charge in [-0.25, -0.2) is 0 Å². The van der Waals surface area contributed by atoms with Gasteiger partial charge in [-0.15, -0.1) is 0 Å². The van der Waals surface area contributed by atoms with E-state index in [1.165, 1.54) is 51.4 Å². The Kier molecular flexibility index (Phi) is 6.62. The maximum absolute atomic E-state index is 5.90. The van der Waals surface area contributed by atoms with E-state index in [9.17, 15) is 0 Å². The molecule has 112 valence electrons. The van der Waals surface area contributed by atoms with Crippen LogP contribution in [0.1, 0.15) is 58.3 Å². The summed E-state index contributed by atoms with van der Waals surface area (Å²) in [5, 5.41) is 3.71. The van der Waals surface area contributed by atoms with E-state index in [1.807, 2.05) is 0 Å². The number of nitrogens with zero attached hydrogens (tertiary/aromatic N) is 1. The summed E-state index contributed by atoms with van der Waals surface area (Å²) < 4.78 is 5.90. The molecule has 1 aliphatic heterocycles. The van der Waals surface area contributed by atoms with Gasteiger partial charge in [-0.3, -0.25) is 4.90 Å². The van der Waals surface area contributed by atoms with E-state index in [2.05, 4.69) is 24.2 Å². The van der Waals surface area contributed by atoms with Crippen molar-refractivity contribution in [3.63, 3.8) is 0 Å². The van der Waals surface area contributed by atoms with Crippen molar-refractivity contribution in [3.8, 4) is 0 Å². The van der Waals surface area contributed by atoms with E-state index < -0.39 is 0 Å². The van der Waals surface area contributed by atoms with Gasteiger partial charge >= 0.3 is 0 Å². The van der Waals surface area contributed by atoms with E-state index in [4.69, 9.17) is 4.74 Å². The Morgan fingerprint density at radius 2 is 1.84 bits per heavy atom. The molecule has 1 saturated heterocycles. The van der Waals surface area contributed by atoms with Gasteiger partial charge in [0.15, 0.2) is 0 Å². The fraction of sp³-hybridized carbons (Fsp3) is 1.00. The molecule has 1 heterocycles. The first kappa shape index (κ1) is 15.3. The van der Waals surface area contributed by atoms with Crippen molar-refractivity contribution in [2.75, 3.05) is 26.7 Å². The van der Waals surface area contributed by atoms with Crippen molar-refractivity contribution >= 4 is 0 Å². The van der Waals surface area contributed by atoms with Crippen molar-refractivity contribution in [2.24, 2.45) is 0 Å². The van der Waals surface area contributed by atoms with Crippen LogP contribution in [0.3, 0.4) is 0 Å². The number of likely N-dealkylation sites (N-methyl/N-ethyl adjacent to an activating group) is 2. The number of hydrogen-bond donors (Lipinski definition) is 1. The third-order valence-corrected chi connectivity index (χ3v) is 4.78. The molecule has 3 heteroatoms. The van der Waals surface area contributed by atoms with E-state index in [-0.39, 0.29) is 0 Å². The molecule has 1 aliphatic carbocycles. The molecule has 19 heavy (non-hydrogen) atoms. The highest BCUT2D eigenvalue weighted by molar-refractivity contribution is 4.86. The van der Waals surface area contributed by atoms with Gasteiger partial charge in [-0.2, -0.15) is 0 Å². The van der Waals surface area contributed by atoms with Crippen LogP contribution in [0.15, 0.2) is 0 Å². The summed E-state index contributed by atoms with van der Waals surface area (Å²) in [6, 6.07) is 1.38. The minimum Gasteiger partial charge on any atom is -0.377 e. The van der Waals surface area contributed by atoms with Gasteiger partial charge < -0.3 is 10.1 Å². The van der Waals surface area contributed by atoms with E-state index >= 15 is 0 Å². The molecule has 1 saturated carbocycles. The molecule has 3 unspecified atom stereocenters. The van der Waals surface area contributed by atoms with Gasteiger partial charge in [0.25, 0.3) is 0 Å². The normalized spacial score (nSPS) is 33.3. The van der Waals surface area contributed by atoms with Gasteiger partial charge in [0.2, 0.25) is 0 Å². The second-order valence-electron chi connectivity index (χ2n) is 6.30. The van der Waals surface area contributed by atoms with Gasteiger partial charge in [-0.1, -0.05) is 26.2 Å². The predicted octanol–water partition coefficient (Wildman–Crippen LogP) is 2.80. The summed E-state index contributed by atoms with van der Waals surface area (Å²) in [6.07, 6.45) is 11.2. The molecule has 2 rings (SSSR count). The smallest absolute Gasteiger partial charge is 0.0702 e. The standard InChI is InChI=1S/C16H32N2O/c1-3-17-15-10-5-4-6-11-16(15)18(2)13-14-9-7-8-12-19-14/h14-17H,3-13H2,1-2H3. The van der Waals surface area contributed by atoms with Gasteiger partial charge in [0.05, 0.1) is 6.10 Å². The lowest BCUT2D eigenvalue weighted by Gasteiger charge is -2.37. The van der Waals surface area contributed by atoms with E-state index in [0.717, 1.165) is 19.7 Å². The Balaban J connectivity index is 1.87. The Morgan fingerprint density at radius 3 is 2.58 bits per heavy atom. The molecule has 2 fully saturated rings. The highest BCUT2D eigenvalue weighted by Crippen LogP contribution is 2.23. The third kappa shape index (κ3) is 4.73. The second kappa shape index (κ2) is 8.23. The molecular formula is C16H32N2O. The number of hydrogen-bond acceptors (Lipinski definition) is 3. The fourth-order valence-corrected chi connectivity index (χ4v) is 3.72. The lowest BCUT2D eigenvalue weighted by atomic mass is 10.00. The lowest BCUT2D eigenvalue weighted by Crippen LogP contribution is -2.50. The van der Waals surface area contributed by atoms with Crippen LogP contribution in [-0.4, -0.2) is 49.8 Å². The minimum absolute atomic E-state index is 0.476. The monoisotopic (exact) mass is 268 g/mol. The van der Waals surface area contributed by atoms with Crippen molar-refractivity contribution in [3.05, 3.63) is 0 Å². The molecule has 2 aliphatic rings. The molecule has 0 aromatic carbocycles. The second-order valence-corrected chi connectivity index (χ2v) is 6.30. The average molecular weight is 268 g/mol. The van der Waals surface area contributed by atoms with Crippen LogP contribution in [0.5, 0.6) is 0 Å². The zero-order valence-corrected chi connectivity index (χ0v) is 12.9. The Hall–Kier alpha value is -0.120. The molecule has 0 bridgehead atoms. The van der Waals surface area contributed by atoms with Gasteiger partial charge in [-0.05, 0) is 45.7 Å². The first-order chi connectivity index (χ1) is 9.31. The van der Waals surface area contributed by atoms with Gasteiger partial charge in [0, 0.05) is 25.2 Å². The zero-order chi connectivity index (χ0) is 13.5. The zero-order valence-electron chi connectivity index (χ0n) is 12.9. The maximum Gasteiger partial charge on any atom is 0.0702 e. The number of rotatable bonds is 5. The summed E-state index contributed by atoms with van der Waals surface area (Å²) in [6.45, 7) is 5.41. The van der Waals surface area contributed by atoms with E-state index in [1.54, 1.807) is 0 Å². The molecule has 0 radical (unpaired) electrons. The topological polar surface area (TPSA) is 24.5 Å². The summed E-state index contributed by atoms with van der Waals surface area (Å²) >= 11 is 0. The summed E-state index contributed by atoms with van der Waals surface area (Å²) in [4.78, 5) is 2.58. The molecular weight excluding hydrogens is 236 g/mol. The highest BCUT2D eigenvalue weighted by atomic mass is 16.5. The Labute approximate surface area is 119 Å². The Bertz CT molecular complexity index is 241. The lowest BCUT2D eigenvalue weighted by molar-refractivity contribution is -0.0116. The molecule has 0 spiro atoms. The predicted molar refractivity (Wildman–Crippen MR) is 80.6 cm³/mol. The van der Waals surface area contributed by atoms with Crippen LogP contribution in [0.25, 0.3) is 0 Å². The first-order valence-electron chi connectivity index (χ1n) is 8.36. The van der Waals surface area contributed by atoms with Crippen molar-refractivity contribution in [2.45, 2.75) is 76.5 Å². The van der Waals surface area contributed by atoms with Crippen molar-refractivity contribution in [1.82, 2.24) is 10.2 Å². The number of ether oxygens (including phenoxy) is 1. The number of nitrogens with one attached hydrogen (secondary N) is 1. The first-order valence-corrected chi connectivity index (χ1v) is 8.36. The van der Waals surface area contributed by atoms with Crippen LogP contribution >= 0.6 is 0 Å². The van der Waals surface area contributed by atoms with Crippen LogP contribution in [0, 0.1) is 0 Å². The highest BCUT2D eigenvalue weighted by Gasteiger charge is 2.28. The minimum atomic E-state index is 0.476. The van der Waals surface area contributed by atoms with Crippen molar-refractivity contribution < 1.29 is 4.74 Å². The quantitative estimate of drug-likeness (QED) is 0.776. The summed E-state index contributed by atoms with van der Waals surface area (Å²) in [5.74, 6) is 0. The van der Waals surface area contributed by atoms with Crippen LogP contribution < -0.4 is 5.32 Å². The fourth-order valence-electron chi connectivity index (χ4n) is 3.72. The van der Waals surface area contributed by atoms with Gasteiger partial charge in [0.1, 0.15) is 0 Å². The third-order valence-electron chi connectivity index (χ3n) is 4.78. The molecule has 0 amide bonds. The molecule has 1 N–H and O–H groups in total. The SMILES string of the molecule is CCNC1CCCCCC1N(C)CC1CCCCO1. The molecule has 3 atom stereocenters. The maximum atomic E-state index is 5.90. The van der Waals surface area contributed by atoms with Crippen LogP contribution in [0.4, 0.5) is 0 Å². The summed E-state index contributed by atoms with van der Waals surface area (Å²) in [7, 11) is 2.30. The Morgan fingerprint density at radius 1 is 1.05 bits per heavy atom. The van der Waals surface area contributed by atoms with Crippen LogP contribution in [0.2, 0.25) is 0 Å².